The first-order valence-corrected chi connectivity index (χ1v) is 24.1. The van der Waals surface area contributed by atoms with Crippen LogP contribution < -0.4 is 16.0 Å². The van der Waals surface area contributed by atoms with Crippen molar-refractivity contribution < 1.29 is 28.8 Å². The molecule has 0 aromatic heterocycles. The Morgan fingerprint density at radius 1 is 0.547 bits per heavy atom. The van der Waals surface area contributed by atoms with Crippen LogP contribution in [0, 0.1) is 11.8 Å². The summed E-state index contributed by atoms with van der Waals surface area (Å²) >= 11 is 0. The highest BCUT2D eigenvalue weighted by Crippen LogP contribution is 2.42. The van der Waals surface area contributed by atoms with Gasteiger partial charge in [-0.1, -0.05) is 119 Å². The van der Waals surface area contributed by atoms with E-state index in [0.29, 0.717) is 43.6 Å². The van der Waals surface area contributed by atoms with Gasteiger partial charge in [0.05, 0.1) is 18.4 Å². The van der Waals surface area contributed by atoms with E-state index in [-0.39, 0.29) is 79.0 Å². The quantitative estimate of drug-likeness (QED) is 0.106. The van der Waals surface area contributed by atoms with Crippen molar-refractivity contribution in [3.63, 3.8) is 0 Å². The summed E-state index contributed by atoms with van der Waals surface area (Å²) in [5.41, 5.74) is 3.06. The molecule has 7 atom stereocenters. The highest BCUT2D eigenvalue weighted by atomic mass is 16.2. The molecular weight excluding hydrogens is 805 g/mol. The highest BCUT2D eigenvalue weighted by Gasteiger charge is 2.49. The Balaban J connectivity index is 1.00. The summed E-state index contributed by atoms with van der Waals surface area (Å²) < 4.78 is 0. The van der Waals surface area contributed by atoms with Crippen LogP contribution >= 0.6 is 0 Å². The normalized spacial score (nSPS) is 23.8. The molecule has 2 heterocycles. The summed E-state index contributed by atoms with van der Waals surface area (Å²) in [7, 11) is 0. The number of likely N-dealkylation sites (tertiary alicyclic amines) is 1. The zero-order valence-corrected chi connectivity index (χ0v) is 37.9. The van der Waals surface area contributed by atoms with Gasteiger partial charge in [0.1, 0.15) is 6.04 Å². The second-order valence-electron chi connectivity index (χ2n) is 18.5. The average molecular weight is 873 g/mol. The number of carbonyl (C=O) groups excluding carboxylic acids is 6. The topological polar surface area (TPSA) is 148 Å². The maximum absolute atomic E-state index is 14.1. The summed E-state index contributed by atoms with van der Waals surface area (Å²) in [5, 5.41) is 9.44. The van der Waals surface area contributed by atoms with Gasteiger partial charge in [-0.25, -0.2) is 0 Å². The lowest BCUT2D eigenvalue weighted by molar-refractivity contribution is -0.140. The number of nitrogens with one attached hydrogen (secondary N) is 3. The molecule has 7 rings (SSSR count). The zero-order valence-electron chi connectivity index (χ0n) is 37.9. The van der Waals surface area contributed by atoms with Crippen LogP contribution in [0.25, 0.3) is 0 Å². The molecule has 12 nitrogen and oxygen atoms in total. The van der Waals surface area contributed by atoms with Crippen molar-refractivity contribution in [1.82, 2.24) is 30.7 Å². The maximum Gasteiger partial charge on any atom is 0.253 e. The number of benzene rings is 3. The SMILES string of the molecule is CCCCCCCC(=O)N1CCCN(C(=O)c2ccc(C(=O)N3C[C@@H](C(=O)N[C@H]4C[C@@H]4c4ccccc4)[C@H](C(=O)N[C@H]4C[C@@H]4c4ccccc4)C3)cc2)C[C@@H]1C(=O)NCCCCCC. The number of nitrogens with zero attached hydrogens (tertiary/aromatic N) is 3. The average Bonchev–Trinajstić information content (AvgIpc) is 4.24. The predicted molar refractivity (Wildman–Crippen MR) is 247 cm³/mol. The van der Waals surface area contributed by atoms with Crippen LogP contribution in [0.5, 0.6) is 0 Å². The largest absolute Gasteiger partial charge is 0.354 e. The molecule has 64 heavy (non-hydrogen) atoms. The van der Waals surface area contributed by atoms with Crippen molar-refractivity contribution in [3.8, 4) is 0 Å². The fraction of sp³-hybridized carbons (Fsp3) is 0.538. The summed E-state index contributed by atoms with van der Waals surface area (Å²) in [4.78, 5) is 88.4. The monoisotopic (exact) mass is 873 g/mol. The fourth-order valence-corrected chi connectivity index (χ4v) is 9.65. The van der Waals surface area contributed by atoms with Gasteiger partial charge in [-0.05, 0) is 67.5 Å². The van der Waals surface area contributed by atoms with Crippen molar-refractivity contribution >= 4 is 35.4 Å². The lowest BCUT2D eigenvalue weighted by Crippen LogP contribution is -2.54. The Hall–Kier alpha value is -5.52. The standard InChI is InChI=1S/C52H68N6O6/c1-3-5-7-9-16-23-47(59)58-30-18-29-56(35-46(58)50(62)53-28-17-8-6-4-2)51(63)38-24-26-39(27-25-38)52(64)57-33-42(48(60)54-44-31-40(44)36-19-12-10-13-20-36)43(34-57)49(61)55-45-32-41(45)37-21-14-11-15-22-37/h10-15,19-22,24-27,40-46H,3-9,16-18,23,28-35H2,1-2H3,(H,53,62)(H,54,60)(H,55,61)/t40-,41-,42-,43-,44+,45+,46-/m1/s1. The minimum Gasteiger partial charge on any atom is -0.354 e. The van der Waals surface area contributed by atoms with Gasteiger partial charge in [0.25, 0.3) is 11.8 Å². The third kappa shape index (κ3) is 12.0. The minimum absolute atomic E-state index is 0.0207. The predicted octanol–water partition coefficient (Wildman–Crippen LogP) is 6.82. The Bertz CT molecular complexity index is 1990. The van der Waals surface area contributed by atoms with E-state index < -0.39 is 17.9 Å². The minimum atomic E-state index is -0.791. The smallest absolute Gasteiger partial charge is 0.253 e. The molecule has 2 saturated heterocycles. The molecule has 0 bridgehead atoms. The number of hydrogen-bond acceptors (Lipinski definition) is 6. The van der Waals surface area contributed by atoms with E-state index in [1.165, 1.54) is 11.1 Å². The van der Waals surface area contributed by atoms with E-state index in [1.807, 2.05) is 36.4 Å². The molecule has 12 heteroatoms. The molecule has 3 N–H and O–H groups in total. The number of amides is 6. The second kappa shape index (κ2) is 22.4. The lowest BCUT2D eigenvalue weighted by Gasteiger charge is -2.31. The van der Waals surface area contributed by atoms with Crippen molar-refractivity contribution in [1.29, 1.82) is 0 Å². The van der Waals surface area contributed by atoms with Crippen molar-refractivity contribution in [2.45, 2.75) is 127 Å². The molecule has 4 fully saturated rings. The first-order chi connectivity index (χ1) is 31.2. The van der Waals surface area contributed by atoms with Gasteiger partial charge in [-0.3, -0.25) is 28.8 Å². The molecule has 6 amide bonds. The first kappa shape index (κ1) is 46.5. The highest BCUT2D eigenvalue weighted by molar-refractivity contribution is 5.99. The maximum atomic E-state index is 14.1. The number of hydrogen-bond donors (Lipinski definition) is 3. The van der Waals surface area contributed by atoms with Crippen molar-refractivity contribution in [3.05, 3.63) is 107 Å². The van der Waals surface area contributed by atoms with Crippen molar-refractivity contribution in [2.75, 3.05) is 39.3 Å². The summed E-state index contributed by atoms with van der Waals surface area (Å²) in [5.74, 6) is -2.29. The van der Waals surface area contributed by atoms with Crippen LogP contribution in [0.3, 0.4) is 0 Å². The number of unbranched alkanes of at least 4 members (excludes halogenated alkanes) is 7. The van der Waals surface area contributed by atoms with Crippen LogP contribution in [0.1, 0.15) is 141 Å². The molecule has 4 aliphatic rings. The lowest BCUT2D eigenvalue weighted by atomic mass is 9.94. The van der Waals surface area contributed by atoms with Crippen LogP contribution in [0.15, 0.2) is 84.9 Å². The van der Waals surface area contributed by atoms with Gasteiger partial charge in [-0.15, -0.1) is 0 Å². The van der Waals surface area contributed by atoms with Gasteiger partial charge >= 0.3 is 0 Å². The van der Waals surface area contributed by atoms with Crippen LogP contribution in [0.4, 0.5) is 0 Å². The number of rotatable bonds is 20. The molecule has 342 valence electrons. The van der Waals surface area contributed by atoms with E-state index >= 15 is 0 Å². The molecule has 2 saturated carbocycles. The molecule has 0 spiro atoms. The summed E-state index contributed by atoms with van der Waals surface area (Å²) in [6.07, 6.45) is 11.7. The Kier molecular flexibility index (Phi) is 16.3. The Morgan fingerprint density at radius 2 is 1.05 bits per heavy atom. The molecule has 2 aliphatic heterocycles. The van der Waals surface area contributed by atoms with Gasteiger partial charge in [0.2, 0.25) is 23.6 Å². The van der Waals surface area contributed by atoms with Gasteiger partial charge < -0.3 is 30.7 Å². The third-order valence-electron chi connectivity index (χ3n) is 13.7. The van der Waals surface area contributed by atoms with Gasteiger partial charge in [0, 0.05) is 74.2 Å². The van der Waals surface area contributed by atoms with E-state index in [2.05, 4.69) is 54.1 Å². The van der Waals surface area contributed by atoms with E-state index in [0.717, 1.165) is 70.6 Å². The molecule has 0 unspecified atom stereocenters. The number of carbonyl (C=O) groups is 6. The molecular formula is C52H68N6O6. The molecule has 3 aromatic rings. The Morgan fingerprint density at radius 3 is 1.58 bits per heavy atom. The van der Waals surface area contributed by atoms with Crippen LogP contribution in [-0.4, -0.2) is 108 Å². The van der Waals surface area contributed by atoms with Gasteiger partial charge in [-0.2, -0.15) is 0 Å². The van der Waals surface area contributed by atoms with Crippen LogP contribution in [0.2, 0.25) is 0 Å². The Labute approximate surface area is 379 Å². The third-order valence-corrected chi connectivity index (χ3v) is 13.7. The first-order valence-electron chi connectivity index (χ1n) is 24.1. The molecule has 0 radical (unpaired) electrons. The molecule has 2 aliphatic carbocycles. The van der Waals surface area contributed by atoms with Gasteiger partial charge in [0.15, 0.2) is 0 Å². The summed E-state index contributed by atoms with van der Waals surface area (Å²) in [6.45, 7) is 5.90. The van der Waals surface area contributed by atoms with E-state index in [4.69, 9.17) is 0 Å². The fourth-order valence-electron chi connectivity index (χ4n) is 9.65. The van der Waals surface area contributed by atoms with Crippen LogP contribution in [-0.2, 0) is 19.2 Å². The van der Waals surface area contributed by atoms with E-state index in [1.54, 1.807) is 39.0 Å². The zero-order chi connectivity index (χ0) is 45.0. The van der Waals surface area contributed by atoms with E-state index in [9.17, 15) is 28.8 Å². The molecule has 3 aromatic carbocycles. The second-order valence-corrected chi connectivity index (χ2v) is 18.5. The van der Waals surface area contributed by atoms with Crippen molar-refractivity contribution in [2.24, 2.45) is 11.8 Å². The summed E-state index contributed by atoms with van der Waals surface area (Å²) in [6, 6.07) is 25.8.